The minimum atomic E-state index is -0.468. The molecular formula is C14H12ClNO2. The summed E-state index contributed by atoms with van der Waals surface area (Å²) in [6, 6.07) is 12.8. The Morgan fingerprint density at radius 1 is 1.22 bits per heavy atom. The van der Waals surface area contributed by atoms with Crippen molar-refractivity contribution in [2.24, 2.45) is 0 Å². The number of hydrogen-bond acceptors (Lipinski definition) is 3. The lowest BCUT2D eigenvalue weighted by molar-refractivity contribution is 0.0337. The molecule has 0 fully saturated rings. The van der Waals surface area contributed by atoms with Crippen molar-refractivity contribution in [1.29, 1.82) is 0 Å². The van der Waals surface area contributed by atoms with E-state index in [4.69, 9.17) is 16.3 Å². The highest BCUT2D eigenvalue weighted by Crippen LogP contribution is 2.20. The van der Waals surface area contributed by atoms with E-state index in [2.05, 4.69) is 4.98 Å². The van der Waals surface area contributed by atoms with Gasteiger partial charge in [-0.3, -0.25) is 0 Å². The van der Waals surface area contributed by atoms with Crippen LogP contribution in [0.25, 0.3) is 0 Å². The maximum Gasteiger partial charge on any atom is 0.341 e. The monoisotopic (exact) mass is 261 g/mol. The molecule has 0 aliphatic heterocycles. The molecule has 1 unspecified atom stereocenters. The summed E-state index contributed by atoms with van der Waals surface area (Å²) < 4.78 is 5.34. The zero-order valence-corrected chi connectivity index (χ0v) is 10.6. The van der Waals surface area contributed by atoms with Gasteiger partial charge in [0, 0.05) is 6.20 Å². The van der Waals surface area contributed by atoms with Gasteiger partial charge in [-0.25, -0.2) is 9.78 Å². The van der Waals surface area contributed by atoms with Crippen molar-refractivity contribution in [3.63, 3.8) is 0 Å². The molecule has 0 saturated heterocycles. The molecule has 92 valence electrons. The van der Waals surface area contributed by atoms with Gasteiger partial charge >= 0.3 is 5.97 Å². The Morgan fingerprint density at radius 2 is 1.94 bits per heavy atom. The normalized spacial score (nSPS) is 11.9. The number of carbonyl (C=O) groups excluding carboxylic acids is 1. The van der Waals surface area contributed by atoms with Gasteiger partial charge in [0.25, 0.3) is 0 Å². The summed E-state index contributed by atoms with van der Waals surface area (Å²) >= 11 is 5.84. The van der Waals surface area contributed by atoms with Gasteiger partial charge in [0.15, 0.2) is 0 Å². The second kappa shape index (κ2) is 5.65. The number of rotatable bonds is 3. The molecule has 0 N–H and O–H groups in total. The number of aromatic nitrogens is 1. The number of benzene rings is 1. The molecule has 0 saturated carbocycles. The van der Waals surface area contributed by atoms with E-state index in [-0.39, 0.29) is 16.8 Å². The lowest BCUT2D eigenvalue weighted by atomic mass is 10.1. The van der Waals surface area contributed by atoms with Crippen molar-refractivity contribution in [1.82, 2.24) is 4.98 Å². The second-order valence-electron chi connectivity index (χ2n) is 3.80. The average Bonchev–Trinajstić information content (AvgIpc) is 2.40. The molecule has 0 amide bonds. The SMILES string of the molecule is CC(OC(=O)c1cccnc1Cl)c1ccccc1. The summed E-state index contributed by atoms with van der Waals surface area (Å²) in [5, 5.41) is 0.155. The van der Waals surface area contributed by atoms with E-state index in [0.29, 0.717) is 0 Å². The number of hydrogen-bond donors (Lipinski definition) is 0. The van der Waals surface area contributed by atoms with Gasteiger partial charge in [-0.05, 0) is 24.6 Å². The topological polar surface area (TPSA) is 39.2 Å². The highest BCUT2D eigenvalue weighted by Gasteiger charge is 2.16. The Labute approximate surface area is 110 Å². The summed E-state index contributed by atoms with van der Waals surface area (Å²) in [6.07, 6.45) is 1.20. The predicted octanol–water partition coefficient (Wildman–Crippen LogP) is 3.65. The number of carbonyl (C=O) groups is 1. The van der Waals surface area contributed by atoms with E-state index in [9.17, 15) is 4.79 Å². The highest BCUT2D eigenvalue weighted by atomic mass is 35.5. The van der Waals surface area contributed by atoms with Crippen molar-refractivity contribution >= 4 is 17.6 Å². The summed E-state index contributed by atoms with van der Waals surface area (Å²) in [6.45, 7) is 1.82. The van der Waals surface area contributed by atoms with Gasteiger partial charge in [-0.1, -0.05) is 41.9 Å². The molecule has 18 heavy (non-hydrogen) atoms. The first-order chi connectivity index (χ1) is 8.68. The maximum atomic E-state index is 11.9. The van der Waals surface area contributed by atoms with E-state index < -0.39 is 5.97 Å². The molecule has 1 heterocycles. The molecule has 1 aromatic heterocycles. The molecule has 1 atom stereocenters. The van der Waals surface area contributed by atoms with Crippen LogP contribution in [0.5, 0.6) is 0 Å². The van der Waals surface area contributed by atoms with Crippen molar-refractivity contribution in [3.8, 4) is 0 Å². The fraction of sp³-hybridized carbons (Fsp3) is 0.143. The molecule has 0 radical (unpaired) electrons. The van der Waals surface area contributed by atoms with Gasteiger partial charge < -0.3 is 4.74 Å². The molecule has 0 aliphatic carbocycles. The first-order valence-electron chi connectivity index (χ1n) is 5.55. The van der Waals surface area contributed by atoms with Gasteiger partial charge in [-0.15, -0.1) is 0 Å². The predicted molar refractivity (Wildman–Crippen MR) is 69.5 cm³/mol. The van der Waals surface area contributed by atoms with Gasteiger partial charge in [0.2, 0.25) is 0 Å². The molecule has 2 aromatic rings. The molecule has 0 bridgehead atoms. The number of esters is 1. The molecule has 4 heteroatoms. The molecule has 0 aliphatic rings. The van der Waals surface area contributed by atoms with Crippen LogP contribution in [-0.4, -0.2) is 11.0 Å². The van der Waals surface area contributed by atoms with Crippen molar-refractivity contribution in [2.45, 2.75) is 13.0 Å². The van der Waals surface area contributed by atoms with E-state index in [1.165, 1.54) is 6.20 Å². The number of ether oxygens (including phenoxy) is 1. The van der Waals surface area contributed by atoms with Crippen LogP contribution in [0.1, 0.15) is 28.9 Å². The Morgan fingerprint density at radius 3 is 2.61 bits per heavy atom. The number of nitrogens with zero attached hydrogens (tertiary/aromatic N) is 1. The van der Waals surface area contributed by atoms with E-state index in [0.717, 1.165) is 5.56 Å². The third-order valence-electron chi connectivity index (χ3n) is 2.53. The minimum absolute atomic E-state index is 0.155. The third-order valence-corrected chi connectivity index (χ3v) is 2.83. The summed E-state index contributed by atoms with van der Waals surface area (Å²) in [4.78, 5) is 15.7. The first-order valence-corrected chi connectivity index (χ1v) is 5.92. The van der Waals surface area contributed by atoms with Crippen LogP contribution in [0, 0.1) is 0 Å². The quantitative estimate of drug-likeness (QED) is 0.625. The van der Waals surface area contributed by atoms with Crippen LogP contribution >= 0.6 is 11.6 Å². The lowest BCUT2D eigenvalue weighted by Crippen LogP contribution is -2.10. The van der Waals surface area contributed by atoms with Gasteiger partial charge in [0.1, 0.15) is 11.3 Å². The largest absolute Gasteiger partial charge is 0.454 e. The van der Waals surface area contributed by atoms with Crippen LogP contribution in [0.15, 0.2) is 48.7 Å². The highest BCUT2D eigenvalue weighted by molar-refractivity contribution is 6.32. The van der Waals surface area contributed by atoms with E-state index >= 15 is 0 Å². The van der Waals surface area contributed by atoms with Crippen molar-refractivity contribution in [3.05, 3.63) is 64.9 Å². The zero-order valence-electron chi connectivity index (χ0n) is 9.84. The Balaban J connectivity index is 2.11. The van der Waals surface area contributed by atoms with Gasteiger partial charge in [-0.2, -0.15) is 0 Å². The Kier molecular flexibility index (Phi) is 3.95. The summed E-state index contributed by atoms with van der Waals surface area (Å²) in [5.41, 5.74) is 1.22. The minimum Gasteiger partial charge on any atom is -0.454 e. The van der Waals surface area contributed by atoms with E-state index in [1.807, 2.05) is 37.3 Å². The maximum absolute atomic E-state index is 11.9. The van der Waals surface area contributed by atoms with E-state index in [1.54, 1.807) is 12.1 Å². The summed E-state index contributed by atoms with van der Waals surface area (Å²) in [7, 11) is 0. The molecular weight excluding hydrogens is 250 g/mol. The zero-order chi connectivity index (χ0) is 13.0. The third kappa shape index (κ3) is 2.87. The van der Waals surface area contributed by atoms with Gasteiger partial charge in [0.05, 0.1) is 5.56 Å². The van der Waals surface area contributed by atoms with Crippen LogP contribution < -0.4 is 0 Å². The Hall–Kier alpha value is -1.87. The summed E-state index contributed by atoms with van der Waals surface area (Å²) in [5.74, 6) is -0.468. The van der Waals surface area contributed by atoms with Crippen LogP contribution in [0.4, 0.5) is 0 Å². The average molecular weight is 262 g/mol. The van der Waals surface area contributed by atoms with Crippen molar-refractivity contribution < 1.29 is 9.53 Å². The smallest absolute Gasteiger partial charge is 0.341 e. The molecule has 1 aromatic carbocycles. The number of halogens is 1. The van der Waals surface area contributed by atoms with Crippen molar-refractivity contribution in [2.75, 3.05) is 0 Å². The fourth-order valence-corrected chi connectivity index (χ4v) is 1.75. The first kappa shape index (κ1) is 12.6. The molecule has 3 nitrogen and oxygen atoms in total. The molecule has 2 rings (SSSR count). The van der Waals surface area contributed by atoms with Crippen LogP contribution in [0.2, 0.25) is 5.15 Å². The second-order valence-corrected chi connectivity index (χ2v) is 4.16. The van der Waals surface area contributed by atoms with Crippen LogP contribution in [-0.2, 0) is 4.74 Å². The lowest BCUT2D eigenvalue weighted by Gasteiger charge is -2.13. The standard InChI is InChI=1S/C14H12ClNO2/c1-10(11-6-3-2-4-7-11)18-14(17)12-8-5-9-16-13(12)15/h2-10H,1H3. The Bertz CT molecular complexity index is 543. The van der Waals surface area contributed by atoms with Crippen LogP contribution in [0.3, 0.4) is 0 Å². The molecule has 0 spiro atoms. The fourth-order valence-electron chi connectivity index (χ4n) is 1.55. The number of pyridine rings is 1.